The van der Waals surface area contributed by atoms with Crippen LogP contribution >= 0.6 is 11.3 Å². The molecule has 0 aromatic carbocycles. The molecule has 1 aromatic heterocycles. The van der Waals surface area contributed by atoms with Gasteiger partial charge in [-0.25, -0.2) is 0 Å². The fourth-order valence-electron chi connectivity index (χ4n) is 2.11. The van der Waals surface area contributed by atoms with Crippen molar-refractivity contribution in [2.24, 2.45) is 5.92 Å². The van der Waals surface area contributed by atoms with E-state index in [-0.39, 0.29) is 0 Å². The third kappa shape index (κ3) is 2.35. The molecule has 2 heterocycles. The van der Waals surface area contributed by atoms with Gasteiger partial charge in [-0.15, -0.1) is 11.3 Å². The Labute approximate surface area is 89.7 Å². The Bertz CT molecular complexity index is 252. The smallest absolute Gasteiger partial charge is 0.0415 e. The topological polar surface area (TPSA) is 24.1 Å². The summed E-state index contributed by atoms with van der Waals surface area (Å²) in [5.74, 6) is 0.856. The molecule has 1 aromatic rings. The van der Waals surface area contributed by atoms with Gasteiger partial charge in [0.15, 0.2) is 0 Å². The predicted octanol–water partition coefficient (Wildman–Crippen LogP) is 2.01. The lowest BCUT2D eigenvalue weighted by atomic mass is 9.98. The molecule has 0 spiro atoms. The van der Waals surface area contributed by atoms with Gasteiger partial charge in [0.1, 0.15) is 0 Å². The maximum atomic E-state index is 3.42. The summed E-state index contributed by atoms with van der Waals surface area (Å²) in [4.78, 5) is 1.47. The molecule has 1 saturated heterocycles. The second-order valence-corrected chi connectivity index (χ2v) is 4.93. The summed E-state index contributed by atoms with van der Waals surface area (Å²) in [6, 6.07) is 4.92. The third-order valence-corrected chi connectivity index (χ3v) is 3.95. The average molecular weight is 210 g/mol. The molecule has 0 aliphatic carbocycles. The van der Waals surface area contributed by atoms with Crippen LogP contribution in [0.4, 0.5) is 0 Å². The van der Waals surface area contributed by atoms with Gasteiger partial charge < -0.3 is 10.6 Å². The molecule has 0 radical (unpaired) electrons. The largest absolute Gasteiger partial charge is 0.316 e. The number of nitrogens with one attached hydrogen (secondary N) is 2. The molecule has 2 rings (SSSR count). The Morgan fingerprint density at radius 3 is 3.21 bits per heavy atom. The standard InChI is InChI=1S/C11H18N2S/c1-12-10(11-3-2-6-14-11)7-9-4-5-13-8-9/h2-3,6,9-10,12-13H,4-5,7-8H2,1H3. The Morgan fingerprint density at radius 2 is 2.64 bits per heavy atom. The molecule has 1 fully saturated rings. The van der Waals surface area contributed by atoms with E-state index >= 15 is 0 Å². The molecule has 1 aliphatic rings. The summed E-state index contributed by atoms with van der Waals surface area (Å²) < 4.78 is 0. The van der Waals surface area contributed by atoms with Crippen LogP contribution in [0.3, 0.4) is 0 Å². The van der Waals surface area contributed by atoms with Gasteiger partial charge in [0.25, 0.3) is 0 Å². The van der Waals surface area contributed by atoms with Crippen LogP contribution in [-0.2, 0) is 0 Å². The molecule has 2 atom stereocenters. The van der Waals surface area contributed by atoms with Crippen LogP contribution in [0.2, 0.25) is 0 Å². The van der Waals surface area contributed by atoms with E-state index in [9.17, 15) is 0 Å². The van der Waals surface area contributed by atoms with Crippen LogP contribution in [0.25, 0.3) is 0 Å². The molecule has 2 N–H and O–H groups in total. The fraction of sp³-hybridized carbons (Fsp3) is 0.636. The van der Waals surface area contributed by atoms with Crippen molar-refractivity contribution in [2.75, 3.05) is 20.1 Å². The van der Waals surface area contributed by atoms with Gasteiger partial charge in [0, 0.05) is 10.9 Å². The van der Waals surface area contributed by atoms with Crippen LogP contribution in [0, 0.1) is 5.92 Å². The Kier molecular flexibility index (Phi) is 3.56. The van der Waals surface area contributed by atoms with E-state index < -0.39 is 0 Å². The molecule has 14 heavy (non-hydrogen) atoms. The maximum absolute atomic E-state index is 3.42. The number of hydrogen-bond donors (Lipinski definition) is 2. The summed E-state index contributed by atoms with van der Waals surface area (Å²) in [5.41, 5.74) is 0. The van der Waals surface area contributed by atoms with Crippen LogP contribution in [0.1, 0.15) is 23.8 Å². The minimum absolute atomic E-state index is 0.555. The highest BCUT2D eigenvalue weighted by Gasteiger charge is 2.20. The van der Waals surface area contributed by atoms with E-state index in [1.807, 2.05) is 11.3 Å². The van der Waals surface area contributed by atoms with Gasteiger partial charge in [0.05, 0.1) is 0 Å². The van der Waals surface area contributed by atoms with Crippen molar-refractivity contribution in [3.8, 4) is 0 Å². The number of hydrogen-bond acceptors (Lipinski definition) is 3. The van der Waals surface area contributed by atoms with E-state index in [1.165, 1.54) is 30.8 Å². The van der Waals surface area contributed by atoms with Crippen molar-refractivity contribution in [3.63, 3.8) is 0 Å². The highest BCUT2D eigenvalue weighted by molar-refractivity contribution is 7.10. The first-order valence-corrected chi connectivity index (χ1v) is 6.19. The third-order valence-electron chi connectivity index (χ3n) is 2.97. The molecule has 0 amide bonds. The number of thiophene rings is 1. The Morgan fingerprint density at radius 1 is 1.71 bits per heavy atom. The van der Waals surface area contributed by atoms with Crippen LogP contribution in [-0.4, -0.2) is 20.1 Å². The van der Waals surface area contributed by atoms with Crippen molar-refractivity contribution < 1.29 is 0 Å². The molecule has 0 bridgehead atoms. The minimum Gasteiger partial charge on any atom is -0.316 e. The molecule has 1 aliphatic heterocycles. The molecular weight excluding hydrogens is 192 g/mol. The van der Waals surface area contributed by atoms with Crippen molar-refractivity contribution in [1.82, 2.24) is 10.6 Å². The molecule has 0 saturated carbocycles. The number of rotatable bonds is 4. The van der Waals surface area contributed by atoms with Gasteiger partial charge in [-0.3, -0.25) is 0 Å². The quantitative estimate of drug-likeness (QED) is 0.794. The summed E-state index contributed by atoms with van der Waals surface area (Å²) in [7, 11) is 2.06. The van der Waals surface area contributed by atoms with E-state index in [0.29, 0.717) is 6.04 Å². The van der Waals surface area contributed by atoms with Crippen LogP contribution in [0.5, 0.6) is 0 Å². The lowest BCUT2D eigenvalue weighted by molar-refractivity contribution is 0.435. The summed E-state index contributed by atoms with van der Waals surface area (Å²) in [6.45, 7) is 2.40. The van der Waals surface area contributed by atoms with Crippen molar-refractivity contribution in [3.05, 3.63) is 22.4 Å². The summed E-state index contributed by atoms with van der Waals surface area (Å²) in [5, 5.41) is 9.00. The van der Waals surface area contributed by atoms with Crippen molar-refractivity contribution in [2.45, 2.75) is 18.9 Å². The zero-order valence-corrected chi connectivity index (χ0v) is 9.44. The first kappa shape index (κ1) is 10.1. The maximum Gasteiger partial charge on any atom is 0.0415 e. The average Bonchev–Trinajstić information content (AvgIpc) is 2.86. The zero-order valence-electron chi connectivity index (χ0n) is 8.62. The molecule has 2 nitrogen and oxygen atoms in total. The zero-order chi connectivity index (χ0) is 9.80. The van der Waals surface area contributed by atoms with Gasteiger partial charge >= 0.3 is 0 Å². The first-order valence-electron chi connectivity index (χ1n) is 5.31. The van der Waals surface area contributed by atoms with Gasteiger partial charge in [-0.1, -0.05) is 6.07 Å². The summed E-state index contributed by atoms with van der Waals surface area (Å²) >= 11 is 1.86. The lowest BCUT2D eigenvalue weighted by Crippen LogP contribution is -2.20. The van der Waals surface area contributed by atoms with Gasteiger partial charge in [-0.2, -0.15) is 0 Å². The first-order chi connectivity index (χ1) is 6.90. The molecular formula is C11H18N2S. The van der Waals surface area contributed by atoms with Crippen molar-refractivity contribution >= 4 is 11.3 Å². The predicted molar refractivity (Wildman–Crippen MR) is 61.7 cm³/mol. The lowest BCUT2D eigenvalue weighted by Gasteiger charge is -2.18. The van der Waals surface area contributed by atoms with Crippen molar-refractivity contribution in [1.29, 1.82) is 0 Å². The van der Waals surface area contributed by atoms with Crippen LogP contribution < -0.4 is 10.6 Å². The highest BCUT2D eigenvalue weighted by Crippen LogP contribution is 2.27. The Balaban J connectivity index is 1.93. The normalized spacial score (nSPS) is 23.9. The van der Waals surface area contributed by atoms with E-state index in [2.05, 4.69) is 35.2 Å². The monoisotopic (exact) mass is 210 g/mol. The second-order valence-electron chi connectivity index (χ2n) is 3.95. The Hall–Kier alpha value is -0.380. The SMILES string of the molecule is CNC(CC1CCNC1)c1cccs1. The van der Waals surface area contributed by atoms with E-state index in [4.69, 9.17) is 0 Å². The molecule has 3 heteroatoms. The van der Waals surface area contributed by atoms with Crippen LogP contribution in [0.15, 0.2) is 17.5 Å². The fourth-order valence-corrected chi connectivity index (χ4v) is 2.96. The van der Waals surface area contributed by atoms with Gasteiger partial charge in [-0.05, 0) is 50.3 Å². The highest BCUT2D eigenvalue weighted by atomic mass is 32.1. The summed E-state index contributed by atoms with van der Waals surface area (Å²) in [6.07, 6.45) is 2.60. The van der Waals surface area contributed by atoms with E-state index in [1.54, 1.807) is 0 Å². The van der Waals surface area contributed by atoms with Gasteiger partial charge in [0.2, 0.25) is 0 Å². The molecule has 2 unspecified atom stereocenters. The minimum atomic E-state index is 0.555. The second kappa shape index (κ2) is 4.91. The molecule has 78 valence electrons. The van der Waals surface area contributed by atoms with E-state index in [0.717, 1.165) is 5.92 Å².